The lowest BCUT2D eigenvalue weighted by Crippen LogP contribution is -2.05. The van der Waals surface area contributed by atoms with Gasteiger partial charge in [0.15, 0.2) is 0 Å². The molecule has 0 amide bonds. The minimum atomic E-state index is 0.818. The van der Waals surface area contributed by atoms with Gasteiger partial charge in [0.1, 0.15) is 0 Å². The van der Waals surface area contributed by atoms with Gasteiger partial charge in [0.2, 0.25) is 0 Å². The van der Waals surface area contributed by atoms with Crippen LogP contribution in [0, 0.1) is 11.3 Å². The second kappa shape index (κ2) is 8.99. The van der Waals surface area contributed by atoms with Crippen molar-refractivity contribution in [2.45, 2.75) is 104 Å². The first-order chi connectivity index (χ1) is 8.79. The van der Waals surface area contributed by atoms with Gasteiger partial charge in [0, 0.05) is 0 Å². The summed E-state index contributed by atoms with van der Waals surface area (Å²) in [4.78, 5) is 0. The van der Waals surface area contributed by atoms with Gasteiger partial charge >= 0.3 is 0 Å². The van der Waals surface area contributed by atoms with Crippen molar-refractivity contribution in [2.24, 2.45) is 11.3 Å². The Labute approximate surface area is 116 Å². The summed E-state index contributed by atoms with van der Waals surface area (Å²) in [5.41, 5.74) is 0.818. The number of unbranched alkanes of at least 4 members (excludes halogenated alkanes) is 6. The van der Waals surface area contributed by atoms with E-state index in [0.29, 0.717) is 0 Å². The van der Waals surface area contributed by atoms with Crippen LogP contribution >= 0.6 is 0 Å². The molecule has 0 aliphatic heterocycles. The SMILES string of the molecule is CCCCCC1CC1(CCCCC)CCCCC. The molecule has 0 heterocycles. The molecule has 1 atom stereocenters. The van der Waals surface area contributed by atoms with Crippen LogP contribution in [0.15, 0.2) is 0 Å². The van der Waals surface area contributed by atoms with Crippen molar-refractivity contribution in [1.82, 2.24) is 0 Å². The average Bonchev–Trinajstić information content (AvgIpc) is 3.04. The lowest BCUT2D eigenvalue weighted by Gasteiger charge is -2.17. The normalized spacial score (nSPS) is 21.2. The predicted molar refractivity (Wildman–Crippen MR) is 83.0 cm³/mol. The Morgan fingerprint density at radius 3 is 1.72 bits per heavy atom. The highest BCUT2D eigenvalue weighted by molar-refractivity contribution is 5.01. The van der Waals surface area contributed by atoms with Gasteiger partial charge in [-0.25, -0.2) is 0 Å². The maximum atomic E-state index is 2.33. The van der Waals surface area contributed by atoms with Gasteiger partial charge in [-0.1, -0.05) is 78.6 Å². The van der Waals surface area contributed by atoms with Crippen molar-refractivity contribution in [3.63, 3.8) is 0 Å². The molecule has 0 saturated heterocycles. The highest BCUT2D eigenvalue weighted by atomic mass is 14.6. The van der Waals surface area contributed by atoms with Crippen molar-refractivity contribution < 1.29 is 0 Å². The monoisotopic (exact) mass is 252 g/mol. The molecule has 1 unspecified atom stereocenters. The molecule has 0 bridgehead atoms. The van der Waals surface area contributed by atoms with Crippen molar-refractivity contribution in [2.75, 3.05) is 0 Å². The lowest BCUT2D eigenvalue weighted by atomic mass is 9.88. The Balaban J connectivity index is 2.26. The molecule has 1 saturated carbocycles. The molecule has 0 radical (unpaired) electrons. The van der Waals surface area contributed by atoms with E-state index in [1.165, 1.54) is 64.2 Å². The van der Waals surface area contributed by atoms with Gasteiger partial charge in [-0.05, 0) is 37.0 Å². The van der Waals surface area contributed by atoms with Crippen LogP contribution in [0.5, 0.6) is 0 Å². The second-order valence-corrected chi connectivity index (χ2v) is 6.67. The Bertz CT molecular complexity index is 184. The third-order valence-corrected chi connectivity index (χ3v) is 5.07. The molecule has 1 rings (SSSR count). The van der Waals surface area contributed by atoms with Crippen molar-refractivity contribution in [3.05, 3.63) is 0 Å². The van der Waals surface area contributed by atoms with E-state index in [1.807, 2.05) is 0 Å². The molecule has 0 spiro atoms. The summed E-state index contributed by atoms with van der Waals surface area (Å²) in [7, 11) is 0. The van der Waals surface area contributed by atoms with Gasteiger partial charge in [0.25, 0.3) is 0 Å². The van der Waals surface area contributed by atoms with E-state index >= 15 is 0 Å². The average molecular weight is 252 g/mol. The fourth-order valence-corrected chi connectivity index (χ4v) is 3.67. The van der Waals surface area contributed by atoms with Crippen LogP contribution in [0.1, 0.15) is 104 Å². The van der Waals surface area contributed by atoms with Crippen LogP contribution in [0.4, 0.5) is 0 Å². The van der Waals surface area contributed by atoms with E-state index < -0.39 is 0 Å². The van der Waals surface area contributed by atoms with E-state index in [9.17, 15) is 0 Å². The first-order valence-electron chi connectivity index (χ1n) is 8.79. The highest BCUT2D eigenvalue weighted by Gasteiger charge is 2.51. The number of rotatable bonds is 12. The molecule has 0 heteroatoms. The molecule has 108 valence electrons. The Morgan fingerprint density at radius 2 is 1.22 bits per heavy atom. The maximum absolute atomic E-state index is 2.33. The summed E-state index contributed by atoms with van der Waals surface area (Å²) in [5, 5.41) is 0. The molecular weight excluding hydrogens is 216 g/mol. The van der Waals surface area contributed by atoms with Gasteiger partial charge in [-0.15, -0.1) is 0 Å². The van der Waals surface area contributed by atoms with Crippen LogP contribution in [0.2, 0.25) is 0 Å². The van der Waals surface area contributed by atoms with Crippen LogP contribution < -0.4 is 0 Å². The maximum Gasteiger partial charge on any atom is -0.0266 e. The zero-order chi connectivity index (χ0) is 13.3. The predicted octanol–water partition coefficient (Wildman–Crippen LogP) is 6.73. The molecule has 0 aromatic rings. The summed E-state index contributed by atoms with van der Waals surface area (Å²) < 4.78 is 0. The summed E-state index contributed by atoms with van der Waals surface area (Å²) in [5.74, 6) is 1.11. The second-order valence-electron chi connectivity index (χ2n) is 6.67. The standard InChI is InChI=1S/C18H36/c1-4-7-10-13-17-16-18(17,14-11-8-5-2)15-12-9-6-3/h17H,4-16H2,1-3H3. The van der Waals surface area contributed by atoms with E-state index in [4.69, 9.17) is 0 Å². The number of hydrogen-bond donors (Lipinski definition) is 0. The number of hydrogen-bond acceptors (Lipinski definition) is 0. The van der Waals surface area contributed by atoms with E-state index in [2.05, 4.69) is 20.8 Å². The van der Waals surface area contributed by atoms with Gasteiger partial charge in [0.05, 0.1) is 0 Å². The van der Waals surface area contributed by atoms with E-state index in [-0.39, 0.29) is 0 Å². The van der Waals surface area contributed by atoms with E-state index in [1.54, 1.807) is 19.3 Å². The summed E-state index contributed by atoms with van der Waals surface area (Å²) >= 11 is 0. The topological polar surface area (TPSA) is 0 Å². The molecule has 1 aliphatic carbocycles. The van der Waals surface area contributed by atoms with Crippen molar-refractivity contribution >= 4 is 0 Å². The third-order valence-electron chi connectivity index (χ3n) is 5.07. The van der Waals surface area contributed by atoms with Crippen LogP contribution in [0.3, 0.4) is 0 Å². The highest BCUT2D eigenvalue weighted by Crippen LogP contribution is 2.61. The van der Waals surface area contributed by atoms with Crippen LogP contribution in [-0.4, -0.2) is 0 Å². The molecule has 1 aliphatic rings. The van der Waals surface area contributed by atoms with Crippen molar-refractivity contribution in [1.29, 1.82) is 0 Å². The Hall–Kier alpha value is 0. The fourth-order valence-electron chi connectivity index (χ4n) is 3.67. The van der Waals surface area contributed by atoms with Gasteiger partial charge < -0.3 is 0 Å². The molecule has 1 fully saturated rings. The van der Waals surface area contributed by atoms with Gasteiger partial charge in [-0.2, -0.15) is 0 Å². The third kappa shape index (κ3) is 5.33. The summed E-state index contributed by atoms with van der Waals surface area (Å²) in [6.45, 7) is 6.98. The van der Waals surface area contributed by atoms with E-state index in [0.717, 1.165) is 11.3 Å². The lowest BCUT2D eigenvalue weighted by molar-refractivity contribution is 0.343. The van der Waals surface area contributed by atoms with Gasteiger partial charge in [-0.3, -0.25) is 0 Å². The summed E-state index contributed by atoms with van der Waals surface area (Å²) in [6, 6.07) is 0. The molecular formula is C18H36. The van der Waals surface area contributed by atoms with Crippen LogP contribution in [-0.2, 0) is 0 Å². The molecule has 0 N–H and O–H groups in total. The minimum Gasteiger partial charge on any atom is -0.0654 e. The zero-order valence-corrected chi connectivity index (χ0v) is 13.3. The van der Waals surface area contributed by atoms with Crippen LogP contribution in [0.25, 0.3) is 0 Å². The molecule has 18 heavy (non-hydrogen) atoms. The largest absolute Gasteiger partial charge is 0.0654 e. The smallest absolute Gasteiger partial charge is 0.0266 e. The Morgan fingerprint density at radius 1 is 0.722 bits per heavy atom. The summed E-state index contributed by atoms with van der Waals surface area (Å²) in [6.07, 6.45) is 19.2. The Kier molecular flexibility index (Phi) is 8.02. The zero-order valence-electron chi connectivity index (χ0n) is 13.3. The molecule has 0 aromatic heterocycles. The first-order valence-corrected chi connectivity index (χ1v) is 8.79. The first kappa shape index (κ1) is 16.1. The fraction of sp³-hybridized carbons (Fsp3) is 1.00. The molecule has 0 nitrogen and oxygen atoms in total. The van der Waals surface area contributed by atoms with Crippen molar-refractivity contribution in [3.8, 4) is 0 Å². The minimum absolute atomic E-state index is 0.818. The molecule has 0 aromatic carbocycles. The quantitative estimate of drug-likeness (QED) is 0.338.